The van der Waals surface area contributed by atoms with E-state index >= 15 is 0 Å². The molecule has 5 atom stereocenters. The molecule has 0 unspecified atom stereocenters. The van der Waals surface area contributed by atoms with E-state index in [1.54, 1.807) is 7.11 Å². The fourth-order valence-corrected chi connectivity index (χ4v) is 7.69. The van der Waals surface area contributed by atoms with E-state index in [2.05, 4.69) is 0 Å². The summed E-state index contributed by atoms with van der Waals surface area (Å²) in [5.41, 5.74) is -0.245. The lowest BCUT2D eigenvalue weighted by Crippen LogP contribution is -2.54. The number of fused-ring (bicyclic) bond motifs is 3. The average Bonchev–Trinajstić information content (AvgIpc) is 3.44. The van der Waals surface area contributed by atoms with Gasteiger partial charge in [0.15, 0.2) is 5.79 Å². The molecule has 2 saturated carbocycles. The molecule has 0 radical (unpaired) electrons. The summed E-state index contributed by atoms with van der Waals surface area (Å²) >= 11 is 0. The van der Waals surface area contributed by atoms with Crippen molar-refractivity contribution in [2.75, 3.05) is 40.8 Å². The van der Waals surface area contributed by atoms with Gasteiger partial charge in [-0.3, -0.25) is 9.59 Å². The first-order valence-electron chi connectivity index (χ1n) is 11.9. The third-order valence-electron chi connectivity index (χ3n) is 8.72. The second-order valence-electron chi connectivity index (χ2n) is 10.1. The number of methoxy groups -OCH3 is 2. The molecule has 5 rings (SSSR count). The Bertz CT molecular complexity index is 902. The lowest BCUT2D eigenvalue weighted by Gasteiger charge is -2.45. The number of carbonyl (C=O) groups is 2. The highest BCUT2D eigenvalue weighted by Crippen LogP contribution is 2.74. The molecule has 8 heteroatoms. The molecule has 2 spiro atoms. The third-order valence-corrected chi connectivity index (χ3v) is 8.72. The predicted molar refractivity (Wildman–Crippen MR) is 116 cm³/mol. The first-order valence-corrected chi connectivity index (χ1v) is 11.9. The summed E-state index contributed by atoms with van der Waals surface area (Å²) < 4.78 is 35.1. The van der Waals surface area contributed by atoms with Gasteiger partial charge in [-0.05, 0) is 51.0 Å². The Morgan fingerprint density at radius 2 is 1.94 bits per heavy atom. The van der Waals surface area contributed by atoms with Crippen molar-refractivity contribution < 1.29 is 38.0 Å². The average molecular weight is 463 g/mol. The predicted octanol–water partition coefficient (Wildman–Crippen LogP) is 2.91. The maximum Gasteiger partial charge on any atom is 0.319 e. The minimum absolute atomic E-state index is 0.113. The van der Waals surface area contributed by atoms with Gasteiger partial charge in [-0.1, -0.05) is 17.7 Å². The maximum absolute atomic E-state index is 13.7. The molecular weight excluding hydrogens is 428 g/mol. The van der Waals surface area contributed by atoms with Crippen LogP contribution in [0.2, 0.25) is 0 Å². The molecule has 0 N–H and O–H groups in total. The molecule has 8 nitrogen and oxygen atoms in total. The van der Waals surface area contributed by atoms with Crippen molar-refractivity contribution in [3.05, 3.63) is 23.3 Å². The summed E-state index contributed by atoms with van der Waals surface area (Å²) in [4.78, 5) is 26.7. The van der Waals surface area contributed by atoms with E-state index in [1.807, 2.05) is 26.0 Å². The highest BCUT2D eigenvalue weighted by molar-refractivity contribution is 5.89. The second kappa shape index (κ2) is 7.90. The Kier molecular flexibility index (Phi) is 5.51. The number of hydrogen-bond donors (Lipinski definition) is 0. The molecule has 0 aromatic heterocycles. The largest absolute Gasteiger partial charge is 0.468 e. The standard InChI is InChI=1S/C25H34O8/c1-5-30-20(26)19-18-16(7-6-9-22(18,2)21(27)29-4)17-8-10-24(33-15-28-3)13-23(17,19)14-25(24)31-11-12-32-25/h6,9,17,19H,5,7-8,10-15H2,1-4H3/t17-,19-,22+,23+,24-/m0/s1. The monoisotopic (exact) mass is 462 g/mol. The third kappa shape index (κ3) is 2.90. The van der Waals surface area contributed by atoms with Crippen LogP contribution in [0.3, 0.4) is 0 Å². The maximum atomic E-state index is 13.7. The molecule has 5 aliphatic rings. The topological polar surface area (TPSA) is 89.5 Å². The van der Waals surface area contributed by atoms with Gasteiger partial charge in [0.1, 0.15) is 17.8 Å². The van der Waals surface area contributed by atoms with Crippen molar-refractivity contribution in [1.29, 1.82) is 0 Å². The van der Waals surface area contributed by atoms with Crippen LogP contribution in [0.15, 0.2) is 23.3 Å². The number of esters is 2. The molecule has 1 saturated heterocycles. The second-order valence-corrected chi connectivity index (χ2v) is 10.1. The Morgan fingerprint density at radius 3 is 2.61 bits per heavy atom. The molecule has 0 amide bonds. The molecule has 33 heavy (non-hydrogen) atoms. The number of allylic oxidation sites excluding steroid dienone is 2. The van der Waals surface area contributed by atoms with E-state index in [1.165, 1.54) is 12.7 Å². The van der Waals surface area contributed by atoms with Crippen molar-refractivity contribution >= 4 is 11.9 Å². The summed E-state index contributed by atoms with van der Waals surface area (Å²) in [5.74, 6) is -2.07. The zero-order valence-corrected chi connectivity index (χ0v) is 19.9. The molecule has 1 aliphatic heterocycles. The van der Waals surface area contributed by atoms with Crippen LogP contribution in [0.5, 0.6) is 0 Å². The number of carbonyl (C=O) groups excluding carboxylic acids is 2. The van der Waals surface area contributed by atoms with Crippen LogP contribution in [-0.4, -0.2) is 64.2 Å². The number of ether oxygens (including phenoxy) is 6. The lowest BCUT2D eigenvalue weighted by atomic mass is 9.61. The quantitative estimate of drug-likeness (QED) is 0.338. The van der Waals surface area contributed by atoms with E-state index in [9.17, 15) is 9.59 Å². The van der Waals surface area contributed by atoms with Crippen LogP contribution in [0.4, 0.5) is 0 Å². The van der Waals surface area contributed by atoms with Crippen molar-refractivity contribution in [3.63, 3.8) is 0 Å². The van der Waals surface area contributed by atoms with E-state index in [4.69, 9.17) is 28.4 Å². The van der Waals surface area contributed by atoms with Crippen LogP contribution in [0, 0.1) is 22.7 Å². The van der Waals surface area contributed by atoms with Gasteiger partial charge >= 0.3 is 11.9 Å². The minimum Gasteiger partial charge on any atom is -0.468 e. The van der Waals surface area contributed by atoms with E-state index in [0.717, 1.165) is 18.4 Å². The van der Waals surface area contributed by atoms with Crippen LogP contribution in [0.1, 0.15) is 46.0 Å². The molecule has 1 heterocycles. The van der Waals surface area contributed by atoms with Crippen LogP contribution in [-0.2, 0) is 38.0 Å². The summed E-state index contributed by atoms with van der Waals surface area (Å²) in [6, 6.07) is 0. The van der Waals surface area contributed by atoms with E-state index in [-0.39, 0.29) is 31.3 Å². The molecule has 0 aromatic rings. The van der Waals surface area contributed by atoms with Crippen molar-refractivity contribution in [2.24, 2.45) is 22.7 Å². The van der Waals surface area contributed by atoms with Gasteiger partial charge in [0.2, 0.25) is 0 Å². The van der Waals surface area contributed by atoms with Crippen molar-refractivity contribution in [3.8, 4) is 0 Å². The van der Waals surface area contributed by atoms with Gasteiger partial charge in [-0.25, -0.2) is 0 Å². The van der Waals surface area contributed by atoms with E-state index < -0.39 is 28.1 Å². The summed E-state index contributed by atoms with van der Waals surface area (Å²) in [6.07, 6.45) is 7.29. The first kappa shape index (κ1) is 23.0. The van der Waals surface area contributed by atoms with Crippen LogP contribution in [0.25, 0.3) is 0 Å². The van der Waals surface area contributed by atoms with Gasteiger partial charge in [-0.15, -0.1) is 0 Å². The Morgan fingerprint density at radius 1 is 1.18 bits per heavy atom. The zero-order chi connectivity index (χ0) is 23.5. The normalized spacial score (nSPS) is 40.1. The Labute approximate surface area is 194 Å². The Hall–Kier alpha value is -1.74. The van der Waals surface area contributed by atoms with Gasteiger partial charge in [0.25, 0.3) is 0 Å². The highest BCUT2D eigenvalue weighted by atomic mass is 16.8. The summed E-state index contributed by atoms with van der Waals surface area (Å²) in [6.45, 7) is 5.02. The van der Waals surface area contributed by atoms with Crippen LogP contribution >= 0.6 is 0 Å². The van der Waals surface area contributed by atoms with Gasteiger partial charge in [0.05, 0.1) is 32.8 Å². The Balaban J connectivity index is 1.67. The fraction of sp³-hybridized carbons (Fsp3) is 0.760. The molecule has 3 fully saturated rings. The fourth-order valence-electron chi connectivity index (χ4n) is 7.69. The molecule has 2 bridgehead atoms. The molecule has 4 aliphatic carbocycles. The molecular formula is C25H34O8. The van der Waals surface area contributed by atoms with Gasteiger partial charge in [0, 0.05) is 18.9 Å². The highest BCUT2D eigenvalue weighted by Gasteiger charge is 2.77. The van der Waals surface area contributed by atoms with E-state index in [0.29, 0.717) is 32.5 Å². The molecule has 0 aromatic carbocycles. The smallest absolute Gasteiger partial charge is 0.319 e. The summed E-state index contributed by atoms with van der Waals surface area (Å²) in [7, 11) is 2.99. The van der Waals surface area contributed by atoms with Crippen LogP contribution < -0.4 is 0 Å². The van der Waals surface area contributed by atoms with Gasteiger partial charge in [-0.2, -0.15) is 0 Å². The number of hydrogen-bond acceptors (Lipinski definition) is 8. The lowest BCUT2D eigenvalue weighted by molar-refractivity contribution is -0.289. The first-order chi connectivity index (χ1) is 15.8. The molecule has 182 valence electrons. The van der Waals surface area contributed by atoms with Crippen molar-refractivity contribution in [2.45, 2.75) is 57.3 Å². The summed E-state index contributed by atoms with van der Waals surface area (Å²) in [5, 5.41) is 0. The van der Waals surface area contributed by atoms with Crippen molar-refractivity contribution in [1.82, 2.24) is 0 Å². The van der Waals surface area contributed by atoms with Gasteiger partial charge < -0.3 is 28.4 Å². The minimum atomic E-state index is -1.02. The SMILES string of the molecule is CCOC(=O)[C@@H]1C2=C(CC=C[C@@]2(C)C(=O)OC)[C@@H]2CC[C@]3(OCOC)C[C@]12CC31OCCO1. The zero-order valence-electron chi connectivity index (χ0n) is 19.9. The number of rotatable bonds is 6.